The van der Waals surface area contributed by atoms with Crippen LogP contribution in [0.15, 0.2) is 18.7 Å². The maximum absolute atomic E-state index is 12.8. The number of phenols is 1. The Hall–Kier alpha value is -3.78. The van der Waals surface area contributed by atoms with E-state index < -0.39 is 18.1 Å². The zero-order chi connectivity index (χ0) is 30.0. The Labute approximate surface area is 246 Å². The fourth-order valence-corrected chi connectivity index (χ4v) is 7.59. The molecule has 4 heterocycles. The zero-order valence-electron chi connectivity index (χ0n) is 24.9. The molecule has 10 nitrogen and oxygen atoms in total. The number of piperazine rings is 1. The van der Waals surface area contributed by atoms with E-state index in [1.54, 1.807) is 13.0 Å². The van der Waals surface area contributed by atoms with E-state index in [0.29, 0.717) is 42.4 Å². The van der Waals surface area contributed by atoms with Crippen molar-refractivity contribution in [1.29, 1.82) is 5.26 Å². The van der Waals surface area contributed by atoms with Crippen LogP contribution < -0.4 is 25.3 Å². The standard InChI is InChI=1S/C32H39N5O5/c1-7-8-40-29-17(4)30-31(42-14-41-30)26-20(29)11-22-27-25-19(9-15(2)16(3)28(25)38)10-21(36(27)6)23(12-33)37(22)24(26)13-35-32(39)18(5)34/h7,9,18,21-24,27,38H,1,8,10-11,13-14,34H2,2-6H3,(H,35,39)/t18-,21-,22?,23-,24-,27-/m0/s1. The summed E-state index contributed by atoms with van der Waals surface area (Å²) in [5.41, 5.74) is 12.5. The second kappa shape index (κ2) is 10.5. The number of fused-ring (bicyclic) bond motifs is 9. The zero-order valence-corrected chi connectivity index (χ0v) is 24.9. The Morgan fingerprint density at radius 3 is 2.69 bits per heavy atom. The van der Waals surface area contributed by atoms with Crippen LogP contribution in [0.5, 0.6) is 23.0 Å². The van der Waals surface area contributed by atoms with Crippen molar-refractivity contribution in [2.24, 2.45) is 5.73 Å². The number of amides is 1. The van der Waals surface area contributed by atoms with Crippen LogP contribution in [0.25, 0.3) is 0 Å². The number of nitrogens with one attached hydrogen (secondary N) is 1. The molecule has 0 aromatic heterocycles. The van der Waals surface area contributed by atoms with Crippen molar-refractivity contribution >= 4 is 5.91 Å². The first-order valence-electron chi connectivity index (χ1n) is 14.5. The quantitative estimate of drug-likeness (QED) is 0.446. The number of carbonyl (C=O) groups is 1. The van der Waals surface area contributed by atoms with Crippen molar-refractivity contribution in [3.05, 3.63) is 57.7 Å². The number of phenolic OH excluding ortho intramolecular Hbond substituents is 1. The normalized spacial score (nSPS) is 26.4. The second-order valence-corrected chi connectivity index (χ2v) is 12.0. The highest BCUT2D eigenvalue weighted by molar-refractivity contribution is 5.81. The number of likely N-dealkylation sites (N-methyl/N-ethyl adjacent to an activating group) is 1. The average molecular weight is 574 g/mol. The first-order valence-corrected chi connectivity index (χ1v) is 14.5. The topological polar surface area (TPSA) is 133 Å². The van der Waals surface area contributed by atoms with Crippen molar-refractivity contribution in [3.8, 4) is 29.1 Å². The number of hydrogen-bond donors (Lipinski definition) is 3. The number of nitriles is 1. The van der Waals surface area contributed by atoms with Gasteiger partial charge in [0.15, 0.2) is 11.5 Å². The van der Waals surface area contributed by atoms with Crippen LogP contribution in [0, 0.1) is 32.1 Å². The van der Waals surface area contributed by atoms with E-state index in [-0.39, 0.29) is 37.4 Å². The van der Waals surface area contributed by atoms with Crippen molar-refractivity contribution in [3.63, 3.8) is 0 Å². The number of rotatable bonds is 6. The third-order valence-electron chi connectivity index (χ3n) is 9.66. The summed E-state index contributed by atoms with van der Waals surface area (Å²) in [5, 5.41) is 25.3. The molecule has 4 N–H and O–H groups in total. The predicted octanol–water partition coefficient (Wildman–Crippen LogP) is 2.85. The summed E-state index contributed by atoms with van der Waals surface area (Å²) < 4.78 is 18.3. The summed E-state index contributed by atoms with van der Waals surface area (Å²) in [5.74, 6) is 1.98. The molecule has 10 heteroatoms. The van der Waals surface area contributed by atoms with Gasteiger partial charge >= 0.3 is 0 Å². The van der Waals surface area contributed by atoms with E-state index in [0.717, 1.165) is 38.9 Å². The summed E-state index contributed by atoms with van der Waals surface area (Å²) >= 11 is 0. The molecule has 6 rings (SSSR count). The lowest BCUT2D eigenvalue weighted by Crippen LogP contribution is -2.68. The van der Waals surface area contributed by atoms with Gasteiger partial charge in [-0.05, 0) is 64.3 Å². The molecule has 0 spiro atoms. The van der Waals surface area contributed by atoms with Crippen molar-refractivity contribution < 1.29 is 24.1 Å². The number of benzene rings is 2. The molecule has 1 amide bonds. The Kier molecular flexibility index (Phi) is 7.08. The van der Waals surface area contributed by atoms with E-state index in [9.17, 15) is 15.2 Å². The molecule has 222 valence electrons. The highest BCUT2D eigenvalue weighted by Gasteiger charge is 2.56. The number of nitrogens with zero attached hydrogens (tertiary/aromatic N) is 3. The molecule has 0 saturated carbocycles. The summed E-state index contributed by atoms with van der Waals surface area (Å²) in [7, 11) is 2.05. The second-order valence-electron chi connectivity index (χ2n) is 12.0. The molecule has 2 aromatic rings. The SMILES string of the molecule is C=CCOc1c(C)c2c(c3c1CC1[C@H]4c5c(cc(C)c(C)c5O)C[C@@H]([C@H](C#N)N1[C@H]3CNC(=O)[C@H](C)N)N4C)OCO2. The third kappa shape index (κ3) is 4.06. The molecule has 6 atom stereocenters. The molecule has 2 bridgehead atoms. The van der Waals surface area contributed by atoms with Crippen molar-refractivity contribution in [2.75, 3.05) is 27.0 Å². The Morgan fingerprint density at radius 2 is 2.00 bits per heavy atom. The maximum Gasteiger partial charge on any atom is 0.236 e. The minimum absolute atomic E-state index is 0.0748. The number of nitrogens with two attached hydrogens (primary N) is 1. The minimum Gasteiger partial charge on any atom is -0.507 e. The summed E-state index contributed by atoms with van der Waals surface area (Å²) in [4.78, 5) is 17.3. The van der Waals surface area contributed by atoms with Crippen LogP contribution in [0.3, 0.4) is 0 Å². The van der Waals surface area contributed by atoms with Gasteiger partial charge in [-0.2, -0.15) is 5.26 Å². The van der Waals surface area contributed by atoms with Crippen LogP contribution in [0.1, 0.15) is 58.0 Å². The smallest absolute Gasteiger partial charge is 0.236 e. The van der Waals surface area contributed by atoms with Crippen LogP contribution >= 0.6 is 0 Å². The van der Waals surface area contributed by atoms with Crippen LogP contribution in [0.2, 0.25) is 0 Å². The van der Waals surface area contributed by atoms with Gasteiger partial charge in [0.2, 0.25) is 12.7 Å². The average Bonchev–Trinajstić information content (AvgIpc) is 3.45. The Balaban J connectivity index is 1.60. The van der Waals surface area contributed by atoms with Gasteiger partial charge in [0.05, 0.1) is 24.2 Å². The van der Waals surface area contributed by atoms with Gasteiger partial charge in [-0.15, -0.1) is 0 Å². The van der Waals surface area contributed by atoms with E-state index >= 15 is 0 Å². The number of aryl methyl sites for hydroxylation is 1. The number of carbonyl (C=O) groups excluding carboxylic acids is 1. The molecule has 2 aromatic carbocycles. The first-order chi connectivity index (χ1) is 20.1. The lowest BCUT2D eigenvalue weighted by molar-refractivity contribution is -0.123. The monoisotopic (exact) mass is 573 g/mol. The van der Waals surface area contributed by atoms with E-state index in [2.05, 4.69) is 40.9 Å². The van der Waals surface area contributed by atoms with Gasteiger partial charge in [-0.1, -0.05) is 18.7 Å². The lowest BCUT2D eigenvalue weighted by Gasteiger charge is -2.60. The number of ether oxygens (including phenoxy) is 3. The lowest BCUT2D eigenvalue weighted by atomic mass is 9.71. The molecule has 0 radical (unpaired) electrons. The fraction of sp³-hybridized carbons (Fsp3) is 0.500. The Bertz CT molecular complexity index is 1510. The maximum atomic E-state index is 12.8. The minimum atomic E-state index is -0.688. The van der Waals surface area contributed by atoms with Gasteiger partial charge in [0.25, 0.3) is 0 Å². The largest absolute Gasteiger partial charge is 0.507 e. The molecule has 0 aliphatic carbocycles. The van der Waals surface area contributed by atoms with E-state index in [4.69, 9.17) is 19.9 Å². The van der Waals surface area contributed by atoms with Crippen LogP contribution in [-0.4, -0.2) is 72.0 Å². The molecule has 1 fully saturated rings. The van der Waals surface area contributed by atoms with Gasteiger partial charge < -0.3 is 30.4 Å². The van der Waals surface area contributed by atoms with E-state index in [1.165, 1.54) is 0 Å². The van der Waals surface area contributed by atoms with Crippen LogP contribution in [0.4, 0.5) is 0 Å². The third-order valence-corrected chi connectivity index (χ3v) is 9.66. The predicted molar refractivity (Wildman–Crippen MR) is 157 cm³/mol. The van der Waals surface area contributed by atoms with Crippen LogP contribution in [-0.2, 0) is 17.6 Å². The van der Waals surface area contributed by atoms with Gasteiger partial charge in [0, 0.05) is 40.9 Å². The Morgan fingerprint density at radius 1 is 1.26 bits per heavy atom. The molecule has 4 aliphatic heterocycles. The van der Waals surface area contributed by atoms with E-state index in [1.807, 2.05) is 20.8 Å². The molecular formula is C32H39N5O5. The van der Waals surface area contributed by atoms with Gasteiger partial charge in [-0.3, -0.25) is 14.6 Å². The highest BCUT2D eigenvalue weighted by atomic mass is 16.7. The molecule has 4 aliphatic rings. The molecule has 1 saturated heterocycles. The summed E-state index contributed by atoms with van der Waals surface area (Å²) in [6.07, 6.45) is 2.88. The van der Waals surface area contributed by atoms with Crippen molar-refractivity contribution in [2.45, 2.75) is 76.8 Å². The highest BCUT2D eigenvalue weighted by Crippen LogP contribution is 2.57. The molecule has 42 heavy (non-hydrogen) atoms. The summed E-state index contributed by atoms with van der Waals surface area (Å²) in [6, 6.07) is 2.66. The van der Waals surface area contributed by atoms with Gasteiger partial charge in [-0.25, -0.2) is 0 Å². The summed E-state index contributed by atoms with van der Waals surface area (Å²) in [6.45, 7) is 12.0. The van der Waals surface area contributed by atoms with Gasteiger partial charge in [0.1, 0.15) is 24.1 Å². The molecular weight excluding hydrogens is 534 g/mol. The van der Waals surface area contributed by atoms with Crippen molar-refractivity contribution in [1.82, 2.24) is 15.1 Å². The number of aromatic hydroxyl groups is 1. The first kappa shape index (κ1) is 28.3. The number of hydrogen-bond acceptors (Lipinski definition) is 9. The molecule has 1 unspecified atom stereocenters. The fourth-order valence-electron chi connectivity index (χ4n) is 7.59.